The number of carbonyl (C=O) groups excluding carboxylic acids is 1. The van der Waals surface area contributed by atoms with Crippen LogP contribution < -0.4 is 5.32 Å². The van der Waals surface area contributed by atoms with Gasteiger partial charge in [-0.1, -0.05) is 23.4 Å². The van der Waals surface area contributed by atoms with Crippen LogP contribution in [0.2, 0.25) is 5.02 Å². The van der Waals surface area contributed by atoms with Gasteiger partial charge in [0.25, 0.3) is 5.82 Å². The zero-order chi connectivity index (χ0) is 16.4. The number of rotatable bonds is 5. The molecule has 0 radical (unpaired) electrons. The highest BCUT2D eigenvalue weighted by Crippen LogP contribution is 2.31. The molecule has 0 atom stereocenters. The van der Waals surface area contributed by atoms with Crippen LogP contribution in [-0.2, 0) is 4.79 Å². The van der Waals surface area contributed by atoms with Crippen molar-refractivity contribution in [2.24, 2.45) is 0 Å². The number of amides is 1. The number of halogens is 1. The van der Waals surface area contributed by atoms with Gasteiger partial charge in [-0.05, 0) is 23.1 Å². The molecule has 118 valence electrons. The Kier molecular flexibility index (Phi) is 4.41. The molecule has 2 heterocycles. The smallest absolute Gasteiger partial charge is 0.358 e. The van der Waals surface area contributed by atoms with Gasteiger partial charge >= 0.3 is 5.82 Å². The van der Waals surface area contributed by atoms with Crippen molar-refractivity contribution >= 4 is 62.5 Å². The van der Waals surface area contributed by atoms with E-state index in [1.807, 2.05) is 6.07 Å². The predicted molar refractivity (Wildman–Crippen MR) is 84.9 cm³/mol. The highest BCUT2D eigenvalue weighted by atomic mass is 35.5. The molecule has 0 spiro atoms. The third-order valence-corrected chi connectivity index (χ3v) is 4.97. The van der Waals surface area contributed by atoms with Crippen LogP contribution in [0.3, 0.4) is 0 Å². The van der Waals surface area contributed by atoms with Crippen LogP contribution in [0.15, 0.2) is 27.2 Å². The maximum atomic E-state index is 11.8. The molecular weight excluding hydrogens is 366 g/mol. The first-order valence-corrected chi connectivity index (χ1v) is 8.16. The summed E-state index contributed by atoms with van der Waals surface area (Å²) >= 11 is 8.51. The lowest BCUT2D eigenvalue weighted by molar-refractivity contribution is -0.390. The van der Waals surface area contributed by atoms with Gasteiger partial charge in [0.15, 0.2) is 9.50 Å². The molecule has 0 aliphatic carbocycles. The summed E-state index contributed by atoms with van der Waals surface area (Å²) in [6, 6.07) is 5.35. The monoisotopic (exact) mass is 371 g/mol. The quantitative estimate of drug-likeness (QED) is 0.412. The average Bonchev–Trinajstić information content (AvgIpc) is 3.10. The molecule has 0 saturated heterocycles. The number of thiazole rings is 1. The summed E-state index contributed by atoms with van der Waals surface area (Å²) in [5.74, 6) is -1.43. The van der Waals surface area contributed by atoms with E-state index < -0.39 is 16.6 Å². The summed E-state index contributed by atoms with van der Waals surface area (Å²) in [6.07, 6.45) is 0. The highest BCUT2D eigenvalue weighted by Gasteiger charge is 2.24. The summed E-state index contributed by atoms with van der Waals surface area (Å²) in [4.78, 5) is 26.0. The van der Waals surface area contributed by atoms with Crippen molar-refractivity contribution in [3.63, 3.8) is 0 Å². The number of aromatic nitrogens is 3. The second-order valence-electron chi connectivity index (χ2n) is 4.12. The molecule has 3 rings (SSSR count). The lowest BCUT2D eigenvalue weighted by Crippen LogP contribution is -2.15. The van der Waals surface area contributed by atoms with Crippen LogP contribution in [0.25, 0.3) is 10.2 Å². The molecular formula is C11H6ClN5O4S2. The first-order valence-electron chi connectivity index (χ1n) is 5.98. The molecule has 0 fully saturated rings. The Balaban J connectivity index is 1.63. The lowest BCUT2D eigenvalue weighted by Gasteiger charge is -1.98. The van der Waals surface area contributed by atoms with Crippen molar-refractivity contribution in [2.75, 3.05) is 11.1 Å². The van der Waals surface area contributed by atoms with Crippen molar-refractivity contribution in [3.05, 3.63) is 33.3 Å². The summed E-state index contributed by atoms with van der Waals surface area (Å²) in [6.45, 7) is 0. The zero-order valence-electron chi connectivity index (χ0n) is 11.1. The van der Waals surface area contributed by atoms with Crippen LogP contribution >= 0.6 is 34.7 Å². The molecule has 0 saturated carbocycles. The Labute approximate surface area is 141 Å². The number of nitrogens with one attached hydrogen (secondary N) is 1. The third kappa shape index (κ3) is 3.57. The van der Waals surface area contributed by atoms with Crippen molar-refractivity contribution in [1.82, 2.24) is 15.3 Å². The average molecular weight is 372 g/mol. The fraction of sp³-hybridized carbons (Fsp3) is 0.0909. The van der Waals surface area contributed by atoms with Gasteiger partial charge in [-0.15, -0.1) is 16.0 Å². The van der Waals surface area contributed by atoms with Gasteiger partial charge in [-0.2, -0.15) is 0 Å². The van der Waals surface area contributed by atoms with E-state index in [1.54, 1.807) is 12.1 Å². The minimum absolute atomic E-state index is 0.0115. The van der Waals surface area contributed by atoms with E-state index >= 15 is 0 Å². The van der Waals surface area contributed by atoms with Crippen molar-refractivity contribution < 1.29 is 14.3 Å². The standard InChI is InChI=1S/C11H6ClN5O4S2/c12-5-1-2-7-6(3-5)13-11(23-7)22-4-8(18)14-9-10(17(19)20)16-21-15-9/h1-3H,4H2,(H,14,15,18). The van der Waals surface area contributed by atoms with Crippen molar-refractivity contribution in [3.8, 4) is 0 Å². The number of fused-ring (bicyclic) bond motifs is 1. The summed E-state index contributed by atoms with van der Waals surface area (Å²) in [7, 11) is 0. The van der Waals surface area contributed by atoms with Gasteiger partial charge in [0.1, 0.15) is 0 Å². The fourth-order valence-electron chi connectivity index (χ4n) is 1.62. The van der Waals surface area contributed by atoms with Crippen LogP contribution in [-0.4, -0.2) is 31.9 Å². The van der Waals surface area contributed by atoms with E-state index in [4.69, 9.17) is 11.6 Å². The van der Waals surface area contributed by atoms with E-state index in [0.29, 0.717) is 9.36 Å². The molecule has 0 bridgehead atoms. The zero-order valence-corrected chi connectivity index (χ0v) is 13.4. The minimum Gasteiger partial charge on any atom is -0.358 e. The van der Waals surface area contributed by atoms with Crippen LogP contribution in [0.4, 0.5) is 11.6 Å². The Morgan fingerprint density at radius 1 is 1.48 bits per heavy atom. The highest BCUT2D eigenvalue weighted by molar-refractivity contribution is 8.01. The number of hydrogen-bond donors (Lipinski definition) is 1. The third-order valence-electron chi connectivity index (χ3n) is 2.56. The van der Waals surface area contributed by atoms with Crippen LogP contribution in [0, 0.1) is 10.1 Å². The topological polar surface area (TPSA) is 124 Å². The van der Waals surface area contributed by atoms with E-state index in [9.17, 15) is 14.9 Å². The molecule has 2 aromatic heterocycles. The van der Waals surface area contributed by atoms with Gasteiger partial charge in [0.05, 0.1) is 16.0 Å². The van der Waals surface area contributed by atoms with Gasteiger partial charge in [0, 0.05) is 10.2 Å². The van der Waals surface area contributed by atoms with E-state index in [2.05, 4.69) is 25.2 Å². The Bertz CT molecular complexity index is 896. The number of hydrogen-bond acceptors (Lipinski definition) is 9. The molecule has 0 unspecified atom stereocenters. The molecule has 3 aromatic rings. The van der Waals surface area contributed by atoms with Gasteiger partial charge in [0.2, 0.25) is 5.91 Å². The molecule has 0 aliphatic heterocycles. The first kappa shape index (κ1) is 15.6. The number of nitro groups is 1. The molecule has 0 aliphatic rings. The summed E-state index contributed by atoms with van der Waals surface area (Å²) < 4.78 is 5.87. The number of nitrogens with zero attached hydrogens (tertiary/aromatic N) is 4. The van der Waals surface area contributed by atoms with Crippen molar-refractivity contribution in [2.45, 2.75) is 4.34 Å². The van der Waals surface area contributed by atoms with E-state index in [0.717, 1.165) is 10.2 Å². The Morgan fingerprint density at radius 2 is 2.30 bits per heavy atom. The van der Waals surface area contributed by atoms with Crippen molar-refractivity contribution in [1.29, 1.82) is 0 Å². The molecule has 1 amide bonds. The van der Waals surface area contributed by atoms with Gasteiger partial charge in [-0.25, -0.2) is 4.98 Å². The summed E-state index contributed by atoms with van der Waals surface area (Å²) in [5.41, 5.74) is 0.752. The lowest BCUT2D eigenvalue weighted by atomic mass is 10.3. The van der Waals surface area contributed by atoms with E-state index in [1.165, 1.54) is 23.1 Å². The molecule has 12 heteroatoms. The fourth-order valence-corrected chi connectivity index (χ4v) is 3.63. The number of anilines is 1. The minimum atomic E-state index is -0.795. The SMILES string of the molecule is O=C(CSc1nc2cc(Cl)ccc2s1)Nc1nonc1[N+](=O)[O-]. The first-order chi connectivity index (χ1) is 11.0. The Morgan fingerprint density at radius 3 is 3.09 bits per heavy atom. The molecule has 23 heavy (non-hydrogen) atoms. The largest absolute Gasteiger partial charge is 0.459 e. The normalized spacial score (nSPS) is 10.8. The second kappa shape index (κ2) is 6.48. The van der Waals surface area contributed by atoms with Crippen LogP contribution in [0.5, 0.6) is 0 Å². The molecule has 9 nitrogen and oxygen atoms in total. The van der Waals surface area contributed by atoms with E-state index in [-0.39, 0.29) is 11.6 Å². The molecule has 1 aromatic carbocycles. The second-order valence-corrected chi connectivity index (χ2v) is 6.81. The number of carbonyl (C=O) groups is 1. The molecule has 1 N–H and O–H groups in total. The number of benzene rings is 1. The predicted octanol–water partition coefficient (Wildman–Crippen LogP) is 2.97. The van der Waals surface area contributed by atoms with Gasteiger partial charge < -0.3 is 10.1 Å². The Hall–Kier alpha value is -2.24. The summed E-state index contributed by atoms with van der Waals surface area (Å²) in [5, 5.41) is 19.9. The van der Waals surface area contributed by atoms with Gasteiger partial charge in [-0.3, -0.25) is 10.1 Å². The maximum absolute atomic E-state index is 11.8. The number of thioether (sulfide) groups is 1. The van der Waals surface area contributed by atoms with Crippen LogP contribution in [0.1, 0.15) is 0 Å². The maximum Gasteiger partial charge on any atom is 0.459 e.